The van der Waals surface area contributed by atoms with Gasteiger partial charge < -0.3 is 9.52 Å². The van der Waals surface area contributed by atoms with E-state index >= 15 is 0 Å². The number of carbonyl (C=O) groups is 2. The summed E-state index contributed by atoms with van der Waals surface area (Å²) in [7, 11) is 0. The van der Waals surface area contributed by atoms with Crippen molar-refractivity contribution in [1.82, 2.24) is 9.97 Å². The zero-order valence-corrected chi connectivity index (χ0v) is 15.0. The smallest absolute Gasteiger partial charge is 0.328 e. The molecule has 9 heteroatoms. The third kappa shape index (κ3) is 5.50. The van der Waals surface area contributed by atoms with E-state index < -0.39 is 11.9 Å². The second-order valence-electron chi connectivity index (χ2n) is 5.80. The SMILES string of the molecule is CC(C)(C)c1cnc(CSc2cnc(NC(=O)/C=C\C(=O)O)s2)o1. The number of nitrogens with zero attached hydrogens (tertiary/aromatic N) is 2. The maximum atomic E-state index is 11.5. The van der Waals surface area contributed by atoms with Crippen molar-refractivity contribution in [2.24, 2.45) is 0 Å². The highest BCUT2D eigenvalue weighted by molar-refractivity contribution is 8.00. The van der Waals surface area contributed by atoms with Crippen molar-refractivity contribution in [2.45, 2.75) is 36.1 Å². The highest BCUT2D eigenvalue weighted by Gasteiger charge is 2.19. The maximum absolute atomic E-state index is 11.5. The summed E-state index contributed by atoms with van der Waals surface area (Å²) >= 11 is 2.80. The van der Waals surface area contributed by atoms with Gasteiger partial charge in [-0.2, -0.15) is 0 Å². The molecule has 0 aliphatic carbocycles. The van der Waals surface area contributed by atoms with Crippen LogP contribution < -0.4 is 5.32 Å². The van der Waals surface area contributed by atoms with Gasteiger partial charge in [-0.25, -0.2) is 14.8 Å². The molecule has 24 heavy (non-hydrogen) atoms. The molecule has 0 aliphatic heterocycles. The summed E-state index contributed by atoms with van der Waals surface area (Å²) < 4.78 is 6.61. The van der Waals surface area contributed by atoms with Gasteiger partial charge in [-0.15, -0.1) is 11.8 Å². The molecule has 0 unspecified atom stereocenters. The molecule has 2 heterocycles. The standard InChI is InChI=1S/C15H17N3O4S2/c1-15(2,3)9-6-16-11(22-9)8-23-13-7-17-14(24-13)18-10(19)4-5-12(20)21/h4-7H,8H2,1-3H3,(H,20,21)(H,17,18,19)/b5-4-. The summed E-state index contributed by atoms with van der Waals surface area (Å²) in [5.74, 6) is 0.311. The van der Waals surface area contributed by atoms with Crippen LogP contribution in [0.15, 0.2) is 33.2 Å². The lowest BCUT2D eigenvalue weighted by Crippen LogP contribution is -2.09. The second kappa shape index (κ2) is 7.63. The van der Waals surface area contributed by atoms with Gasteiger partial charge in [0.1, 0.15) is 5.76 Å². The van der Waals surface area contributed by atoms with E-state index in [1.165, 1.54) is 23.1 Å². The van der Waals surface area contributed by atoms with Crippen molar-refractivity contribution < 1.29 is 19.1 Å². The Labute approximate surface area is 147 Å². The van der Waals surface area contributed by atoms with Gasteiger partial charge in [0.15, 0.2) is 5.13 Å². The predicted octanol–water partition coefficient (Wildman–Crippen LogP) is 3.30. The first-order valence-corrected chi connectivity index (χ1v) is 8.80. The van der Waals surface area contributed by atoms with Crippen LogP contribution in [0.3, 0.4) is 0 Å². The van der Waals surface area contributed by atoms with Crippen molar-refractivity contribution >= 4 is 40.1 Å². The van der Waals surface area contributed by atoms with Gasteiger partial charge in [-0.3, -0.25) is 10.1 Å². The first kappa shape index (κ1) is 18.2. The Balaban J connectivity index is 1.89. The number of thioether (sulfide) groups is 1. The number of anilines is 1. The number of hydrogen-bond donors (Lipinski definition) is 2. The lowest BCUT2D eigenvalue weighted by atomic mass is 9.94. The molecular weight excluding hydrogens is 350 g/mol. The fourth-order valence-corrected chi connectivity index (χ4v) is 3.26. The average molecular weight is 367 g/mol. The molecule has 2 aromatic heterocycles. The van der Waals surface area contributed by atoms with Gasteiger partial charge in [-0.1, -0.05) is 32.1 Å². The van der Waals surface area contributed by atoms with Gasteiger partial charge >= 0.3 is 5.97 Å². The van der Waals surface area contributed by atoms with E-state index in [0.717, 1.165) is 22.1 Å². The van der Waals surface area contributed by atoms with E-state index in [2.05, 4.69) is 36.1 Å². The van der Waals surface area contributed by atoms with Crippen LogP contribution in [-0.2, 0) is 20.8 Å². The number of thiazole rings is 1. The highest BCUT2D eigenvalue weighted by Crippen LogP contribution is 2.31. The summed E-state index contributed by atoms with van der Waals surface area (Å²) in [4.78, 5) is 30.2. The first-order chi connectivity index (χ1) is 11.2. The van der Waals surface area contributed by atoms with Crippen molar-refractivity contribution in [3.8, 4) is 0 Å². The van der Waals surface area contributed by atoms with E-state index in [4.69, 9.17) is 9.52 Å². The van der Waals surface area contributed by atoms with Crippen LogP contribution in [0.4, 0.5) is 5.13 Å². The average Bonchev–Trinajstić information content (AvgIpc) is 3.11. The Kier molecular flexibility index (Phi) is 5.79. The Morgan fingerprint density at radius 1 is 1.33 bits per heavy atom. The molecule has 2 rings (SSSR count). The zero-order valence-electron chi connectivity index (χ0n) is 13.4. The maximum Gasteiger partial charge on any atom is 0.328 e. The molecule has 7 nitrogen and oxygen atoms in total. The summed E-state index contributed by atoms with van der Waals surface area (Å²) in [5.41, 5.74) is -0.0820. The Bertz CT molecular complexity index is 759. The number of aromatic nitrogens is 2. The molecule has 0 saturated carbocycles. The first-order valence-electron chi connectivity index (χ1n) is 7.00. The number of aliphatic carboxylic acids is 1. The summed E-state index contributed by atoms with van der Waals surface area (Å²) in [6.07, 6.45) is 5.09. The van der Waals surface area contributed by atoms with Gasteiger partial charge in [-0.05, 0) is 0 Å². The number of oxazole rings is 1. The van der Waals surface area contributed by atoms with Crippen LogP contribution in [0.5, 0.6) is 0 Å². The van der Waals surface area contributed by atoms with Crippen molar-refractivity contribution in [2.75, 3.05) is 5.32 Å². The second-order valence-corrected chi connectivity index (χ2v) is 8.11. The summed E-state index contributed by atoms with van der Waals surface area (Å²) in [6, 6.07) is 0. The number of hydrogen-bond acceptors (Lipinski definition) is 7. The van der Waals surface area contributed by atoms with E-state index in [1.54, 1.807) is 12.4 Å². The fourth-order valence-electron chi connectivity index (χ4n) is 1.53. The summed E-state index contributed by atoms with van der Waals surface area (Å²) in [5, 5.41) is 11.4. The number of amides is 1. The third-order valence-electron chi connectivity index (χ3n) is 2.72. The normalized spacial score (nSPS) is 11.8. The molecule has 0 radical (unpaired) electrons. The Hall–Kier alpha value is -2.13. The van der Waals surface area contributed by atoms with E-state index in [-0.39, 0.29) is 5.41 Å². The third-order valence-corrected chi connectivity index (χ3v) is 4.81. The number of carbonyl (C=O) groups excluding carboxylic acids is 1. The molecule has 0 bridgehead atoms. The molecule has 2 aromatic rings. The molecule has 0 aliphatic rings. The highest BCUT2D eigenvalue weighted by atomic mass is 32.2. The zero-order chi connectivity index (χ0) is 17.7. The quantitative estimate of drug-likeness (QED) is 0.596. The number of carboxylic acid groups (broad SMARTS) is 1. The largest absolute Gasteiger partial charge is 0.478 e. The van der Waals surface area contributed by atoms with Crippen LogP contribution in [-0.4, -0.2) is 27.0 Å². The predicted molar refractivity (Wildman–Crippen MR) is 92.3 cm³/mol. The Morgan fingerprint density at radius 3 is 2.71 bits per heavy atom. The van der Waals surface area contributed by atoms with Gasteiger partial charge in [0, 0.05) is 17.6 Å². The molecule has 0 saturated heterocycles. The minimum absolute atomic E-state index is 0.0820. The number of nitrogens with one attached hydrogen (secondary N) is 1. The monoisotopic (exact) mass is 367 g/mol. The molecule has 0 spiro atoms. The van der Waals surface area contributed by atoms with Crippen molar-refractivity contribution in [3.05, 3.63) is 36.2 Å². The van der Waals surface area contributed by atoms with E-state index in [9.17, 15) is 9.59 Å². The van der Waals surface area contributed by atoms with Crippen LogP contribution in [0.2, 0.25) is 0 Å². The molecule has 1 amide bonds. The minimum Gasteiger partial charge on any atom is -0.478 e. The molecular formula is C15H17N3O4S2. The van der Waals surface area contributed by atoms with Crippen molar-refractivity contribution in [1.29, 1.82) is 0 Å². The van der Waals surface area contributed by atoms with E-state index in [1.807, 2.05) is 0 Å². The van der Waals surface area contributed by atoms with Crippen LogP contribution in [0, 0.1) is 0 Å². The fraction of sp³-hybridized carbons (Fsp3) is 0.333. The van der Waals surface area contributed by atoms with Crippen LogP contribution in [0.25, 0.3) is 0 Å². The number of rotatable bonds is 6. The molecule has 0 aromatic carbocycles. The van der Waals surface area contributed by atoms with Crippen molar-refractivity contribution in [3.63, 3.8) is 0 Å². The van der Waals surface area contributed by atoms with Crippen LogP contribution in [0.1, 0.15) is 32.4 Å². The minimum atomic E-state index is -1.18. The number of carboxylic acids is 1. The van der Waals surface area contributed by atoms with Gasteiger partial charge in [0.2, 0.25) is 11.8 Å². The van der Waals surface area contributed by atoms with Gasteiger partial charge in [0.25, 0.3) is 0 Å². The Morgan fingerprint density at radius 2 is 2.08 bits per heavy atom. The summed E-state index contributed by atoms with van der Waals surface area (Å²) in [6.45, 7) is 6.17. The van der Waals surface area contributed by atoms with Crippen LogP contribution >= 0.6 is 23.1 Å². The lowest BCUT2D eigenvalue weighted by Gasteiger charge is -2.12. The molecule has 0 fully saturated rings. The van der Waals surface area contributed by atoms with Gasteiger partial charge in [0.05, 0.1) is 22.4 Å². The lowest BCUT2D eigenvalue weighted by molar-refractivity contribution is -0.131. The molecule has 128 valence electrons. The topological polar surface area (TPSA) is 105 Å². The van der Waals surface area contributed by atoms with E-state index in [0.29, 0.717) is 16.8 Å². The molecule has 0 atom stereocenters. The molecule has 2 N–H and O–H groups in total.